The molecule has 0 aromatic heterocycles. The molecule has 0 aromatic rings. The van der Waals surface area contributed by atoms with Crippen molar-refractivity contribution in [1.82, 2.24) is 5.32 Å². The Labute approximate surface area is 242 Å². The van der Waals surface area contributed by atoms with Gasteiger partial charge in [-0.25, -0.2) is 9.59 Å². The third kappa shape index (κ3) is 16.1. The quantitative estimate of drug-likeness (QED) is 0.0660. The van der Waals surface area contributed by atoms with Gasteiger partial charge in [-0.15, -0.1) is 0 Å². The predicted octanol–water partition coefficient (Wildman–Crippen LogP) is 3.81. The molecule has 0 aliphatic carbocycles. The third-order valence-electron chi connectivity index (χ3n) is 5.23. The highest BCUT2D eigenvalue weighted by Crippen LogP contribution is 2.19. The van der Waals surface area contributed by atoms with Crippen LogP contribution < -0.4 is 5.32 Å². The van der Waals surface area contributed by atoms with E-state index in [1.54, 1.807) is 20.8 Å². The highest BCUT2D eigenvalue weighted by atomic mass is 28.4. The van der Waals surface area contributed by atoms with E-state index in [2.05, 4.69) is 11.9 Å². The second kappa shape index (κ2) is 23.2. The largest absolute Gasteiger partial charge is 0.543 e. The van der Waals surface area contributed by atoms with Crippen molar-refractivity contribution in [2.45, 2.75) is 85.7 Å². The lowest BCUT2D eigenvalue weighted by molar-refractivity contribution is -0.202. The molecule has 0 radical (unpaired) electrons. The molecule has 0 aliphatic rings. The topological polar surface area (TPSA) is 138 Å². The number of alkyl carbamates (subject to hydrolysis) is 1. The van der Waals surface area contributed by atoms with Crippen LogP contribution in [0.4, 0.5) is 4.79 Å². The summed E-state index contributed by atoms with van der Waals surface area (Å²) in [6.07, 6.45) is -0.444. The zero-order valence-electron chi connectivity index (χ0n) is 26.3. The lowest BCUT2D eigenvalue weighted by Crippen LogP contribution is -2.56. The fourth-order valence-electron chi connectivity index (χ4n) is 3.32. The Morgan fingerprint density at radius 2 is 1.32 bits per heavy atom. The van der Waals surface area contributed by atoms with Crippen LogP contribution in [-0.2, 0) is 50.3 Å². The predicted molar refractivity (Wildman–Crippen MR) is 153 cm³/mol. The first kappa shape index (κ1) is 40.7. The Hall–Kier alpha value is -1.41. The molecule has 15 heteroatoms. The van der Waals surface area contributed by atoms with E-state index in [9.17, 15) is 9.59 Å². The standard InChI is InChI=1S/C15H33NO7Si.C10H20O5Si/c1-7-19-24(20-8-2,21-9-3)12-10-11-16-15(17)23-14(5)22-13(4)18-6;1-7-9(15-10(11)8(2)3)16(12-4,13-5)14-6/h13-14H,7-12H2,1-6H3,(H,16,17);9H,2,7H2,1,3-6H3. The summed E-state index contributed by atoms with van der Waals surface area (Å²) in [6.45, 7) is 18.1. The van der Waals surface area contributed by atoms with Crippen molar-refractivity contribution in [3.8, 4) is 0 Å². The molecule has 40 heavy (non-hydrogen) atoms. The molecule has 13 nitrogen and oxygen atoms in total. The molecule has 238 valence electrons. The molecule has 0 rings (SSSR count). The van der Waals surface area contributed by atoms with E-state index in [1.165, 1.54) is 28.4 Å². The van der Waals surface area contributed by atoms with Gasteiger partial charge in [-0.3, -0.25) is 0 Å². The second-order valence-electron chi connectivity index (χ2n) is 8.22. The lowest BCUT2D eigenvalue weighted by atomic mass is 10.4. The number of esters is 1. The second-order valence-corrected chi connectivity index (χ2v) is 14.0. The number of ether oxygens (including phenoxy) is 4. The van der Waals surface area contributed by atoms with Crippen molar-refractivity contribution in [1.29, 1.82) is 0 Å². The van der Waals surface area contributed by atoms with Crippen molar-refractivity contribution in [3.05, 3.63) is 12.2 Å². The molecule has 0 aromatic carbocycles. The van der Waals surface area contributed by atoms with Gasteiger partial charge in [0.25, 0.3) is 0 Å². The molecule has 0 bridgehead atoms. The Balaban J connectivity index is 0. The van der Waals surface area contributed by atoms with E-state index in [0.29, 0.717) is 50.8 Å². The summed E-state index contributed by atoms with van der Waals surface area (Å²) in [5.74, 6) is -0.463. The lowest BCUT2D eigenvalue weighted by Gasteiger charge is -2.31. The van der Waals surface area contributed by atoms with Crippen LogP contribution in [0.25, 0.3) is 0 Å². The smallest absolute Gasteiger partial charge is 0.454 e. The zero-order valence-corrected chi connectivity index (χ0v) is 28.3. The zero-order chi connectivity index (χ0) is 31.2. The molecule has 0 spiro atoms. The fourth-order valence-corrected chi connectivity index (χ4v) is 7.97. The molecular formula is C25H53NO12Si2. The van der Waals surface area contributed by atoms with Gasteiger partial charge < -0.3 is 50.8 Å². The summed E-state index contributed by atoms with van der Waals surface area (Å²) in [5, 5.41) is 2.68. The van der Waals surface area contributed by atoms with Gasteiger partial charge in [0.15, 0.2) is 12.0 Å². The summed E-state index contributed by atoms with van der Waals surface area (Å²) >= 11 is 0. The average Bonchev–Trinajstić information content (AvgIpc) is 2.92. The Morgan fingerprint density at radius 3 is 1.70 bits per heavy atom. The molecule has 0 fully saturated rings. The van der Waals surface area contributed by atoms with Crippen LogP contribution in [0.3, 0.4) is 0 Å². The summed E-state index contributed by atoms with van der Waals surface area (Å²) in [7, 11) is 0.365. The summed E-state index contributed by atoms with van der Waals surface area (Å²) in [4.78, 5) is 23.1. The van der Waals surface area contributed by atoms with E-state index in [-0.39, 0.29) is 0 Å². The molecule has 3 unspecified atom stereocenters. The molecular weight excluding hydrogens is 562 g/mol. The van der Waals surface area contributed by atoms with Crippen LogP contribution in [0.15, 0.2) is 12.2 Å². The number of methoxy groups -OCH3 is 1. The van der Waals surface area contributed by atoms with Gasteiger partial charge >= 0.3 is 29.7 Å². The van der Waals surface area contributed by atoms with Gasteiger partial charge in [-0.05, 0) is 54.4 Å². The number of hydrogen-bond acceptors (Lipinski definition) is 12. The van der Waals surface area contributed by atoms with Gasteiger partial charge in [0.05, 0.1) is 0 Å². The van der Waals surface area contributed by atoms with Crippen LogP contribution in [0.2, 0.25) is 6.04 Å². The van der Waals surface area contributed by atoms with Crippen LogP contribution >= 0.6 is 0 Å². The molecule has 0 heterocycles. The van der Waals surface area contributed by atoms with E-state index in [1.807, 2.05) is 27.7 Å². The monoisotopic (exact) mass is 615 g/mol. The van der Waals surface area contributed by atoms with Gasteiger partial charge in [0.2, 0.25) is 6.29 Å². The number of carbonyl (C=O) groups excluding carboxylic acids is 2. The Kier molecular flexibility index (Phi) is 23.6. The van der Waals surface area contributed by atoms with E-state index >= 15 is 0 Å². The van der Waals surface area contributed by atoms with Crippen LogP contribution in [0.5, 0.6) is 0 Å². The number of hydrogen-bond donors (Lipinski definition) is 1. The van der Waals surface area contributed by atoms with Crippen molar-refractivity contribution >= 4 is 29.7 Å². The maximum Gasteiger partial charge on any atom is 0.543 e. The number of amides is 1. The highest BCUT2D eigenvalue weighted by Gasteiger charge is 2.49. The van der Waals surface area contributed by atoms with Gasteiger partial charge in [-0.1, -0.05) is 13.5 Å². The van der Waals surface area contributed by atoms with Crippen molar-refractivity contribution in [3.63, 3.8) is 0 Å². The van der Waals surface area contributed by atoms with Crippen LogP contribution in [0, 0.1) is 0 Å². The first-order valence-corrected chi connectivity index (χ1v) is 17.2. The van der Waals surface area contributed by atoms with E-state index in [4.69, 9.17) is 45.5 Å². The first-order valence-electron chi connectivity index (χ1n) is 13.5. The maximum absolute atomic E-state index is 11.7. The molecule has 0 saturated carbocycles. The molecule has 0 aliphatic heterocycles. The van der Waals surface area contributed by atoms with Crippen molar-refractivity contribution < 1.29 is 55.1 Å². The SMILES string of the molecule is C=C(C)C(=O)OC(CC)[Si](OC)(OC)OC.CCO[Si](CCCNC(=O)OC(C)OC(C)OC)(OCC)OCC. The summed E-state index contributed by atoms with van der Waals surface area (Å²) in [6, 6.07) is 0.634. The molecule has 1 amide bonds. The average molecular weight is 616 g/mol. The fraction of sp³-hybridized carbons (Fsp3) is 0.840. The minimum Gasteiger partial charge on any atom is -0.454 e. The van der Waals surface area contributed by atoms with Gasteiger partial charge in [0.1, 0.15) is 0 Å². The summed E-state index contributed by atoms with van der Waals surface area (Å²) < 4.78 is 53.6. The van der Waals surface area contributed by atoms with Crippen molar-refractivity contribution in [2.75, 3.05) is 54.8 Å². The minimum atomic E-state index is -2.94. The molecule has 0 saturated heterocycles. The van der Waals surface area contributed by atoms with Gasteiger partial charge in [0, 0.05) is 66.4 Å². The third-order valence-corrected chi connectivity index (χ3v) is 11.4. The highest BCUT2D eigenvalue weighted by molar-refractivity contribution is 6.62. The van der Waals surface area contributed by atoms with Gasteiger partial charge in [-0.2, -0.15) is 0 Å². The van der Waals surface area contributed by atoms with Crippen molar-refractivity contribution in [2.24, 2.45) is 0 Å². The number of rotatable bonds is 21. The van der Waals surface area contributed by atoms with E-state index < -0.39 is 48.0 Å². The molecule has 3 atom stereocenters. The Morgan fingerprint density at radius 1 is 0.825 bits per heavy atom. The van der Waals surface area contributed by atoms with Crippen LogP contribution in [-0.4, -0.2) is 103 Å². The first-order chi connectivity index (χ1) is 18.9. The van der Waals surface area contributed by atoms with E-state index in [0.717, 1.165) is 0 Å². The normalized spacial score (nSPS) is 13.9. The van der Waals surface area contributed by atoms with Crippen LogP contribution in [0.1, 0.15) is 61.3 Å². The molecule has 1 N–H and O–H groups in total. The maximum atomic E-state index is 11.7. The number of carbonyl (C=O) groups is 2. The summed E-state index contributed by atoms with van der Waals surface area (Å²) in [5.41, 5.74) is -0.179. The Bertz CT molecular complexity index is 671. The minimum absolute atomic E-state index is 0.338. The number of nitrogens with one attached hydrogen (secondary N) is 1.